The highest BCUT2D eigenvalue weighted by Gasteiger charge is 2.31. The molecule has 130 valence electrons. The first kappa shape index (κ1) is 17.2. The molecular weight excluding hydrogens is 351 g/mol. The van der Waals surface area contributed by atoms with Crippen molar-refractivity contribution in [3.8, 4) is 11.3 Å². The smallest absolute Gasteiger partial charge is 0.416 e. The van der Waals surface area contributed by atoms with Crippen LogP contribution in [0.1, 0.15) is 10.6 Å². The topological polar surface area (TPSA) is 60.2 Å². The molecule has 25 heavy (non-hydrogen) atoms. The number of rotatable bonds is 4. The van der Waals surface area contributed by atoms with E-state index in [9.17, 15) is 18.3 Å². The zero-order valence-electron chi connectivity index (χ0n) is 13.0. The van der Waals surface area contributed by atoms with E-state index in [0.29, 0.717) is 28.4 Å². The van der Waals surface area contributed by atoms with Crippen molar-refractivity contribution in [1.82, 2.24) is 9.88 Å². The van der Waals surface area contributed by atoms with Crippen LogP contribution in [0.2, 0.25) is 0 Å². The van der Waals surface area contributed by atoms with Crippen molar-refractivity contribution in [3.63, 3.8) is 0 Å². The van der Waals surface area contributed by atoms with E-state index in [-0.39, 0.29) is 18.1 Å². The second-order valence-corrected chi connectivity index (χ2v) is 6.31. The number of aliphatic hydroxyl groups excluding tert-OH is 1. The zero-order valence-corrected chi connectivity index (χ0v) is 13.8. The van der Waals surface area contributed by atoms with E-state index in [0.717, 1.165) is 12.1 Å². The number of nitrogens with one attached hydrogen (secondary N) is 1. The van der Waals surface area contributed by atoms with Crippen molar-refractivity contribution < 1.29 is 18.3 Å². The molecule has 0 spiro atoms. The standard InChI is InChI=1S/C17H14F3N3OS/c1-2-7-23-8-13(24)14(15(23)21)16-22-12(9-25-16)10-3-5-11(6-4-10)17(18,19)20/h2-6,9,21,24H,1,7-8H2. The number of benzene rings is 1. The van der Waals surface area contributed by atoms with E-state index in [1.54, 1.807) is 16.4 Å². The SMILES string of the molecule is C=CCN1CC(O)=C(c2nc(-c3ccc(C(F)(F)F)cc3)cs2)C1=N. The van der Waals surface area contributed by atoms with E-state index >= 15 is 0 Å². The van der Waals surface area contributed by atoms with Gasteiger partial charge in [-0.15, -0.1) is 17.9 Å². The summed E-state index contributed by atoms with van der Waals surface area (Å²) in [6.45, 7) is 4.27. The van der Waals surface area contributed by atoms with Gasteiger partial charge in [0, 0.05) is 17.5 Å². The molecule has 0 saturated heterocycles. The molecule has 0 amide bonds. The third-order valence-corrected chi connectivity index (χ3v) is 4.62. The zero-order chi connectivity index (χ0) is 18.2. The number of hydrogen-bond acceptors (Lipinski definition) is 4. The Hall–Kier alpha value is -2.61. The Morgan fingerprint density at radius 2 is 2.00 bits per heavy atom. The van der Waals surface area contributed by atoms with E-state index in [2.05, 4.69) is 11.6 Å². The number of alkyl halides is 3. The molecular formula is C17H14F3N3OS. The Kier molecular flexibility index (Phi) is 4.38. The molecule has 0 radical (unpaired) electrons. The number of halogens is 3. The number of amidine groups is 1. The van der Waals surface area contributed by atoms with Gasteiger partial charge in [0.05, 0.1) is 23.4 Å². The van der Waals surface area contributed by atoms with E-state index in [1.807, 2.05) is 0 Å². The summed E-state index contributed by atoms with van der Waals surface area (Å²) in [5.41, 5.74) is 0.682. The number of aromatic nitrogens is 1. The summed E-state index contributed by atoms with van der Waals surface area (Å²) >= 11 is 1.23. The van der Waals surface area contributed by atoms with Gasteiger partial charge in [-0.25, -0.2) is 4.98 Å². The maximum absolute atomic E-state index is 12.6. The average molecular weight is 365 g/mol. The first-order valence-corrected chi connectivity index (χ1v) is 8.19. The molecule has 1 aromatic heterocycles. The summed E-state index contributed by atoms with van der Waals surface area (Å²) in [4.78, 5) is 6.03. The van der Waals surface area contributed by atoms with Crippen LogP contribution in [0.3, 0.4) is 0 Å². The van der Waals surface area contributed by atoms with E-state index in [4.69, 9.17) is 5.41 Å². The predicted molar refractivity (Wildman–Crippen MR) is 91.6 cm³/mol. The summed E-state index contributed by atoms with van der Waals surface area (Å²) in [6, 6.07) is 4.74. The maximum Gasteiger partial charge on any atom is 0.416 e. The predicted octanol–water partition coefficient (Wildman–Crippen LogP) is 4.58. The molecule has 8 heteroatoms. The highest BCUT2D eigenvalue weighted by atomic mass is 32.1. The van der Waals surface area contributed by atoms with E-state index < -0.39 is 11.7 Å². The minimum atomic E-state index is -4.38. The van der Waals surface area contributed by atoms with Gasteiger partial charge >= 0.3 is 6.18 Å². The van der Waals surface area contributed by atoms with Crippen LogP contribution in [-0.4, -0.2) is 33.9 Å². The van der Waals surface area contributed by atoms with Crippen molar-refractivity contribution in [1.29, 1.82) is 5.41 Å². The number of hydrogen-bond donors (Lipinski definition) is 2. The van der Waals surface area contributed by atoms with Crippen molar-refractivity contribution >= 4 is 22.7 Å². The van der Waals surface area contributed by atoms with Crippen LogP contribution in [-0.2, 0) is 6.18 Å². The number of nitrogens with zero attached hydrogens (tertiary/aromatic N) is 2. The van der Waals surface area contributed by atoms with Crippen LogP contribution < -0.4 is 0 Å². The molecule has 0 unspecified atom stereocenters. The lowest BCUT2D eigenvalue weighted by Gasteiger charge is -2.15. The quantitative estimate of drug-likeness (QED) is 0.780. The van der Waals surface area contributed by atoms with Crippen LogP contribution in [0.25, 0.3) is 16.8 Å². The molecule has 2 aromatic rings. The average Bonchev–Trinajstić information content (AvgIpc) is 3.12. The highest BCUT2D eigenvalue weighted by molar-refractivity contribution is 7.11. The molecule has 1 aliphatic heterocycles. The molecule has 1 aromatic carbocycles. The second kappa shape index (κ2) is 6.36. The fourth-order valence-electron chi connectivity index (χ4n) is 2.52. The molecule has 1 aliphatic rings. The maximum atomic E-state index is 12.6. The molecule has 0 atom stereocenters. The van der Waals surface area contributed by atoms with Gasteiger partial charge in [0.2, 0.25) is 0 Å². The molecule has 2 heterocycles. The lowest BCUT2D eigenvalue weighted by molar-refractivity contribution is -0.137. The Balaban J connectivity index is 1.87. The Morgan fingerprint density at radius 1 is 1.32 bits per heavy atom. The molecule has 0 bridgehead atoms. The van der Waals surface area contributed by atoms with Gasteiger partial charge < -0.3 is 10.0 Å². The van der Waals surface area contributed by atoms with Crippen LogP contribution in [0.4, 0.5) is 13.2 Å². The third-order valence-electron chi connectivity index (χ3n) is 3.76. The van der Waals surface area contributed by atoms with Gasteiger partial charge in [0.25, 0.3) is 0 Å². The minimum absolute atomic E-state index is 0.0557. The summed E-state index contributed by atoms with van der Waals surface area (Å²) in [5.74, 6) is 0.214. The van der Waals surface area contributed by atoms with Gasteiger partial charge in [-0.2, -0.15) is 13.2 Å². The second-order valence-electron chi connectivity index (χ2n) is 5.45. The third kappa shape index (κ3) is 3.30. The van der Waals surface area contributed by atoms with Crippen molar-refractivity contribution in [3.05, 3.63) is 58.6 Å². The van der Waals surface area contributed by atoms with Gasteiger partial charge in [-0.3, -0.25) is 5.41 Å². The lowest BCUT2D eigenvalue weighted by Crippen LogP contribution is -2.26. The van der Waals surface area contributed by atoms with E-state index in [1.165, 1.54) is 23.5 Å². The fourth-order valence-corrected chi connectivity index (χ4v) is 3.42. The summed E-state index contributed by atoms with van der Waals surface area (Å²) in [5, 5.41) is 20.4. The number of thiazole rings is 1. The molecule has 0 aliphatic carbocycles. The largest absolute Gasteiger partial charge is 0.510 e. The monoisotopic (exact) mass is 365 g/mol. The first-order chi connectivity index (χ1) is 11.8. The summed E-state index contributed by atoms with van der Waals surface area (Å²) in [7, 11) is 0. The fraction of sp³-hybridized carbons (Fsp3) is 0.176. The minimum Gasteiger partial charge on any atom is -0.510 e. The molecule has 0 fully saturated rings. The van der Waals surface area contributed by atoms with Gasteiger partial charge in [-0.05, 0) is 12.1 Å². The van der Waals surface area contributed by atoms with Crippen molar-refractivity contribution in [2.75, 3.05) is 13.1 Å². The summed E-state index contributed by atoms with van der Waals surface area (Å²) in [6.07, 6.45) is -2.74. The van der Waals surface area contributed by atoms with Gasteiger partial charge in [-0.1, -0.05) is 18.2 Å². The molecule has 4 nitrogen and oxygen atoms in total. The lowest BCUT2D eigenvalue weighted by atomic mass is 10.1. The Morgan fingerprint density at radius 3 is 2.60 bits per heavy atom. The summed E-state index contributed by atoms with van der Waals surface area (Å²) < 4.78 is 37.9. The van der Waals surface area contributed by atoms with Crippen LogP contribution >= 0.6 is 11.3 Å². The van der Waals surface area contributed by atoms with Gasteiger partial charge in [0.1, 0.15) is 16.6 Å². The normalized spacial score (nSPS) is 15.2. The van der Waals surface area contributed by atoms with Crippen LogP contribution in [0.15, 0.2) is 48.1 Å². The molecule has 2 N–H and O–H groups in total. The number of aliphatic hydroxyl groups is 1. The first-order valence-electron chi connectivity index (χ1n) is 7.31. The highest BCUT2D eigenvalue weighted by Crippen LogP contribution is 2.34. The van der Waals surface area contributed by atoms with Gasteiger partial charge in [0.15, 0.2) is 0 Å². The molecule has 3 rings (SSSR count). The van der Waals surface area contributed by atoms with Crippen LogP contribution in [0, 0.1) is 5.41 Å². The van der Waals surface area contributed by atoms with Crippen molar-refractivity contribution in [2.24, 2.45) is 0 Å². The Labute approximate surface area is 146 Å². The van der Waals surface area contributed by atoms with Crippen LogP contribution in [0.5, 0.6) is 0 Å². The molecule has 0 saturated carbocycles. The van der Waals surface area contributed by atoms with Crippen molar-refractivity contribution in [2.45, 2.75) is 6.18 Å². The Bertz CT molecular complexity index is 853.